The van der Waals surface area contributed by atoms with E-state index in [0.29, 0.717) is 18.9 Å². The summed E-state index contributed by atoms with van der Waals surface area (Å²) in [6.45, 7) is 5.01. The molecule has 112 valence electrons. The zero-order valence-corrected chi connectivity index (χ0v) is 12.6. The zero-order valence-electron chi connectivity index (χ0n) is 12.6. The molecule has 0 saturated carbocycles. The van der Waals surface area contributed by atoms with E-state index in [4.69, 9.17) is 10.8 Å². The summed E-state index contributed by atoms with van der Waals surface area (Å²) in [4.78, 5) is 15.8. The molecule has 19 heavy (non-hydrogen) atoms. The van der Waals surface area contributed by atoms with E-state index >= 15 is 0 Å². The van der Waals surface area contributed by atoms with Crippen LogP contribution in [0.3, 0.4) is 0 Å². The molecular weight excluding hydrogens is 242 g/mol. The van der Waals surface area contributed by atoms with E-state index in [1.807, 2.05) is 6.92 Å². The van der Waals surface area contributed by atoms with Crippen molar-refractivity contribution in [3.05, 3.63) is 0 Å². The van der Waals surface area contributed by atoms with Crippen molar-refractivity contribution < 1.29 is 9.90 Å². The van der Waals surface area contributed by atoms with Crippen LogP contribution in [0.1, 0.15) is 39.0 Å². The topological polar surface area (TPSA) is 69.8 Å². The molecule has 5 heteroatoms. The Bertz CT molecular complexity index is 296. The number of carboxylic acid groups (broad SMARTS) is 1. The Morgan fingerprint density at radius 3 is 2.74 bits per heavy atom. The van der Waals surface area contributed by atoms with E-state index in [9.17, 15) is 4.79 Å². The Hall–Kier alpha value is -0.650. The quantitative estimate of drug-likeness (QED) is 0.722. The number of carbonyl (C=O) groups is 1. The van der Waals surface area contributed by atoms with Crippen LogP contribution in [-0.2, 0) is 4.79 Å². The van der Waals surface area contributed by atoms with E-state index in [1.165, 1.54) is 12.8 Å². The van der Waals surface area contributed by atoms with Gasteiger partial charge in [-0.15, -0.1) is 0 Å². The van der Waals surface area contributed by atoms with Gasteiger partial charge in [-0.2, -0.15) is 0 Å². The minimum atomic E-state index is -1.04. The third-order valence-electron chi connectivity index (χ3n) is 4.36. The standard InChI is InChI=1S/C14H29N3O2/c1-4-14(15,13(18)19)8-6-10-17-9-5-7-12(11-17)16(2)3/h12H,4-11,15H2,1-3H3,(H,18,19). The summed E-state index contributed by atoms with van der Waals surface area (Å²) in [6, 6.07) is 0.627. The number of likely N-dealkylation sites (tertiary alicyclic amines) is 1. The maximum atomic E-state index is 11.1. The van der Waals surface area contributed by atoms with Crippen molar-refractivity contribution in [2.24, 2.45) is 5.73 Å². The second kappa shape index (κ2) is 7.22. The highest BCUT2D eigenvalue weighted by molar-refractivity contribution is 5.78. The normalized spacial score (nSPS) is 24.4. The van der Waals surface area contributed by atoms with Gasteiger partial charge in [0.2, 0.25) is 0 Å². The second-order valence-corrected chi connectivity index (χ2v) is 5.98. The molecule has 1 rings (SSSR count). The first-order valence-electron chi connectivity index (χ1n) is 7.30. The van der Waals surface area contributed by atoms with E-state index in [2.05, 4.69) is 23.9 Å². The van der Waals surface area contributed by atoms with Crippen LogP contribution < -0.4 is 5.73 Å². The van der Waals surface area contributed by atoms with Gasteiger partial charge in [-0.1, -0.05) is 6.92 Å². The molecular formula is C14H29N3O2. The van der Waals surface area contributed by atoms with Gasteiger partial charge in [0.05, 0.1) is 0 Å². The predicted octanol–water partition coefficient (Wildman–Crippen LogP) is 0.985. The molecule has 0 aromatic heterocycles. The van der Waals surface area contributed by atoms with Gasteiger partial charge in [0, 0.05) is 12.6 Å². The number of aliphatic carboxylic acids is 1. The van der Waals surface area contributed by atoms with Crippen molar-refractivity contribution >= 4 is 5.97 Å². The van der Waals surface area contributed by atoms with Crippen molar-refractivity contribution in [3.8, 4) is 0 Å². The number of hydrogen-bond donors (Lipinski definition) is 2. The van der Waals surface area contributed by atoms with Crippen molar-refractivity contribution in [2.45, 2.75) is 50.6 Å². The Morgan fingerprint density at radius 1 is 1.53 bits per heavy atom. The first kappa shape index (κ1) is 16.4. The summed E-state index contributed by atoms with van der Waals surface area (Å²) in [7, 11) is 4.25. The Balaban J connectivity index is 2.34. The molecule has 0 aromatic rings. The lowest BCUT2D eigenvalue weighted by atomic mass is 9.91. The van der Waals surface area contributed by atoms with Gasteiger partial charge >= 0.3 is 5.97 Å². The molecule has 5 nitrogen and oxygen atoms in total. The average molecular weight is 271 g/mol. The van der Waals surface area contributed by atoms with E-state index < -0.39 is 11.5 Å². The molecule has 0 bridgehead atoms. The molecule has 2 unspecified atom stereocenters. The molecule has 0 aromatic carbocycles. The molecule has 2 atom stereocenters. The van der Waals surface area contributed by atoms with Crippen LogP contribution in [0.5, 0.6) is 0 Å². The smallest absolute Gasteiger partial charge is 0.323 e. The summed E-state index contributed by atoms with van der Waals surface area (Å²) in [5.41, 5.74) is 4.86. The third-order valence-corrected chi connectivity index (χ3v) is 4.36. The van der Waals surface area contributed by atoms with Crippen molar-refractivity contribution in [1.29, 1.82) is 0 Å². The van der Waals surface area contributed by atoms with Crippen molar-refractivity contribution in [2.75, 3.05) is 33.7 Å². The van der Waals surface area contributed by atoms with E-state index in [0.717, 1.165) is 26.1 Å². The molecule has 1 aliphatic heterocycles. The summed E-state index contributed by atoms with van der Waals surface area (Å²) in [5.74, 6) is -0.875. The van der Waals surface area contributed by atoms with Gasteiger partial charge in [-0.3, -0.25) is 4.79 Å². The van der Waals surface area contributed by atoms with Crippen LogP contribution >= 0.6 is 0 Å². The van der Waals surface area contributed by atoms with Gasteiger partial charge in [-0.05, 0) is 59.3 Å². The average Bonchev–Trinajstić information content (AvgIpc) is 2.38. The van der Waals surface area contributed by atoms with Crippen LogP contribution in [0.25, 0.3) is 0 Å². The third kappa shape index (κ3) is 4.75. The van der Waals surface area contributed by atoms with Crippen LogP contribution in [0.15, 0.2) is 0 Å². The summed E-state index contributed by atoms with van der Waals surface area (Å²) < 4.78 is 0. The minimum absolute atomic E-state index is 0.489. The molecule has 0 radical (unpaired) electrons. The number of nitrogens with zero attached hydrogens (tertiary/aromatic N) is 2. The molecule has 1 saturated heterocycles. The van der Waals surface area contributed by atoms with Gasteiger partial charge in [0.1, 0.15) is 5.54 Å². The van der Waals surface area contributed by atoms with Gasteiger partial charge in [0.25, 0.3) is 0 Å². The Morgan fingerprint density at radius 2 is 2.21 bits per heavy atom. The second-order valence-electron chi connectivity index (χ2n) is 5.98. The highest BCUT2D eigenvalue weighted by Crippen LogP contribution is 2.18. The molecule has 1 aliphatic rings. The maximum absolute atomic E-state index is 11.1. The molecule has 0 amide bonds. The number of nitrogens with two attached hydrogens (primary N) is 1. The molecule has 0 aliphatic carbocycles. The van der Waals surface area contributed by atoms with Crippen molar-refractivity contribution in [3.63, 3.8) is 0 Å². The summed E-state index contributed by atoms with van der Waals surface area (Å²) >= 11 is 0. The number of piperidine rings is 1. The number of rotatable bonds is 7. The van der Waals surface area contributed by atoms with E-state index in [-0.39, 0.29) is 0 Å². The van der Waals surface area contributed by atoms with Crippen LogP contribution in [0.4, 0.5) is 0 Å². The zero-order chi connectivity index (χ0) is 14.5. The SMILES string of the molecule is CCC(N)(CCCN1CCCC(N(C)C)C1)C(=O)O. The van der Waals surface area contributed by atoms with Gasteiger partial charge < -0.3 is 20.6 Å². The predicted molar refractivity (Wildman–Crippen MR) is 77.2 cm³/mol. The lowest BCUT2D eigenvalue weighted by Crippen LogP contribution is -2.49. The van der Waals surface area contributed by atoms with E-state index in [1.54, 1.807) is 0 Å². The largest absolute Gasteiger partial charge is 0.480 e. The summed E-state index contributed by atoms with van der Waals surface area (Å²) in [5, 5.41) is 9.14. The lowest BCUT2D eigenvalue weighted by molar-refractivity contribution is -0.143. The Kier molecular flexibility index (Phi) is 6.23. The van der Waals surface area contributed by atoms with Crippen molar-refractivity contribution in [1.82, 2.24) is 9.80 Å². The number of carboxylic acids is 1. The fourth-order valence-corrected chi connectivity index (χ4v) is 2.71. The highest BCUT2D eigenvalue weighted by atomic mass is 16.4. The van der Waals surface area contributed by atoms with Gasteiger partial charge in [-0.25, -0.2) is 0 Å². The molecule has 0 spiro atoms. The minimum Gasteiger partial charge on any atom is -0.480 e. The number of likely N-dealkylation sites (N-methyl/N-ethyl adjacent to an activating group) is 1. The summed E-state index contributed by atoms with van der Waals surface area (Å²) in [6.07, 6.45) is 4.39. The van der Waals surface area contributed by atoms with Crippen LogP contribution in [-0.4, -0.2) is 66.2 Å². The Labute approximate surface area is 116 Å². The van der Waals surface area contributed by atoms with Crippen LogP contribution in [0.2, 0.25) is 0 Å². The fraction of sp³-hybridized carbons (Fsp3) is 0.929. The monoisotopic (exact) mass is 271 g/mol. The first-order valence-corrected chi connectivity index (χ1v) is 7.30. The molecule has 3 N–H and O–H groups in total. The molecule has 1 fully saturated rings. The lowest BCUT2D eigenvalue weighted by Gasteiger charge is -2.36. The van der Waals surface area contributed by atoms with Crippen LogP contribution in [0, 0.1) is 0 Å². The first-order chi connectivity index (χ1) is 8.89. The van der Waals surface area contributed by atoms with Gasteiger partial charge in [0.15, 0.2) is 0 Å². The maximum Gasteiger partial charge on any atom is 0.323 e. The number of hydrogen-bond acceptors (Lipinski definition) is 4. The highest BCUT2D eigenvalue weighted by Gasteiger charge is 2.31. The fourth-order valence-electron chi connectivity index (χ4n) is 2.71. The molecule has 1 heterocycles.